The molecule has 120 valence electrons. The predicted octanol–water partition coefficient (Wildman–Crippen LogP) is 1.92. The van der Waals surface area contributed by atoms with Gasteiger partial charge in [0, 0.05) is 36.9 Å². The third-order valence-corrected chi connectivity index (χ3v) is 3.71. The fourth-order valence-corrected chi connectivity index (χ4v) is 2.68. The van der Waals surface area contributed by atoms with Crippen LogP contribution in [-0.4, -0.2) is 48.7 Å². The lowest BCUT2D eigenvalue weighted by Gasteiger charge is -2.39. The van der Waals surface area contributed by atoms with Crippen molar-refractivity contribution in [3.8, 4) is 0 Å². The Morgan fingerprint density at radius 3 is 2.57 bits per heavy atom. The van der Waals surface area contributed by atoms with Crippen molar-refractivity contribution in [1.82, 2.24) is 10.2 Å². The average Bonchev–Trinajstić information content (AvgIpc) is 2.44. The van der Waals surface area contributed by atoms with Crippen molar-refractivity contribution in [2.45, 2.75) is 12.0 Å². The van der Waals surface area contributed by atoms with E-state index >= 15 is 0 Å². The van der Waals surface area contributed by atoms with Crippen LogP contribution in [0.3, 0.4) is 0 Å². The quantitative estimate of drug-likeness (QED) is 0.732. The summed E-state index contributed by atoms with van der Waals surface area (Å²) in [6, 6.07) is 3.26. The van der Waals surface area contributed by atoms with Gasteiger partial charge in [-0.15, -0.1) is 12.4 Å². The van der Waals surface area contributed by atoms with Crippen LogP contribution < -0.4 is 11.1 Å². The highest BCUT2D eigenvalue weighted by Crippen LogP contribution is 2.39. The number of halogens is 4. The molecule has 1 heterocycles. The van der Waals surface area contributed by atoms with Gasteiger partial charge in [-0.2, -0.15) is 0 Å². The summed E-state index contributed by atoms with van der Waals surface area (Å²) >= 11 is 5.90. The predicted molar refractivity (Wildman–Crippen MR) is 82.3 cm³/mol. The Morgan fingerprint density at radius 2 is 2.00 bits per heavy atom. The molecule has 0 radical (unpaired) electrons. The maximum Gasteiger partial charge on any atom is 0.289 e. The van der Waals surface area contributed by atoms with Crippen molar-refractivity contribution in [3.05, 3.63) is 28.8 Å². The van der Waals surface area contributed by atoms with Crippen LogP contribution in [-0.2, 0) is 0 Å². The van der Waals surface area contributed by atoms with Gasteiger partial charge in [0.2, 0.25) is 0 Å². The van der Waals surface area contributed by atoms with Gasteiger partial charge in [0.1, 0.15) is 12.6 Å². The van der Waals surface area contributed by atoms with Crippen molar-refractivity contribution >= 4 is 29.7 Å². The van der Waals surface area contributed by atoms with E-state index in [2.05, 4.69) is 5.32 Å². The summed E-state index contributed by atoms with van der Waals surface area (Å²) < 4.78 is 28.4. The van der Waals surface area contributed by atoms with E-state index in [1.54, 1.807) is 11.0 Å². The number of aliphatic hydroxyl groups is 1. The molecule has 1 fully saturated rings. The molecule has 0 unspecified atom stereocenters. The lowest BCUT2D eigenvalue weighted by atomic mass is 9.96. The maximum atomic E-state index is 14.2. The fourth-order valence-electron chi connectivity index (χ4n) is 2.50. The number of nitrogens with two attached hydrogens (primary N) is 1. The first kappa shape index (κ1) is 18.4. The third kappa shape index (κ3) is 4.17. The highest BCUT2D eigenvalue weighted by atomic mass is 35.5. The number of hydrogen-bond acceptors (Lipinski definition) is 4. The minimum atomic E-state index is -3.28. The van der Waals surface area contributed by atoms with Crippen LogP contribution in [0.4, 0.5) is 14.5 Å². The fraction of sp³-hybridized carbons (Fsp3) is 0.538. The SMILES string of the molecule is Cl.Nc1ccc(Cl)cc1[C@H](N1CCNCC1)C(F)(F)CO. The standard InChI is InChI=1S/C13H18ClF2N3O.ClH/c14-9-1-2-11(17)10(7-9)12(13(15,16)8-20)19-5-3-18-4-6-19;/h1-2,7,12,18,20H,3-6,8,17H2;1H/t12-;/m0./s1. The number of benzene rings is 1. The third-order valence-electron chi connectivity index (χ3n) is 3.47. The van der Waals surface area contributed by atoms with Crippen LogP contribution in [0.5, 0.6) is 0 Å². The molecular formula is C13H19Cl2F2N3O. The molecule has 0 spiro atoms. The van der Waals surface area contributed by atoms with E-state index in [4.69, 9.17) is 22.4 Å². The van der Waals surface area contributed by atoms with Crippen molar-refractivity contribution in [2.75, 3.05) is 38.5 Å². The van der Waals surface area contributed by atoms with Crippen molar-refractivity contribution in [2.24, 2.45) is 0 Å². The molecular weight excluding hydrogens is 323 g/mol. The molecule has 0 aliphatic carbocycles. The molecule has 1 saturated heterocycles. The number of alkyl halides is 2. The zero-order valence-electron chi connectivity index (χ0n) is 11.4. The minimum Gasteiger partial charge on any atom is -0.398 e. The average molecular weight is 342 g/mol. The van der Waals surface area contributed by atoms with Gasteiger partial charge in [-0.25, -0.2) is 8.78 Å². The summed E-state index contributed by atoms with van der Waals surface area (Å²) in [5.41, 5.74) is 6.35. The van der Waals surface area contributed by atoms with E-state index in [1.807, 2.05) is 0 Å². The maximum absolute atomic E-state index is 14.2. The second kappa shape index (κ2) is 7.56. The topological polar surface area (TPSA) is 61.5 Å². The molecule has 1 atom stereocenters. The first-order valence-electron chi connectivity index (χ1n) is 6.44. The monoisotopic (exact) mass is 341 g/mol. The van der Waals surface area contributed by atoms with E-state index in [0.29, 0.717) is 31.2 Å². The van der Waals surface area contributed by atoms with Gasteiger partial charge >= 0.3 is 0 Å². The Labute approximate surface area is 133 Å². The summed E-state index contributed by atoms with van der Waals surface area (Å²) in [7, 11) is 0. The molecule has 0 amide bonds. The van der Waals surface area contributed by atoms with Crippen LogP contribution in [0.2, 0.25) is 5.02 Å². The highest BCUT2D eigenvalue weighted by molar-refractivity contribution is 6.30. The first-order valence-corrected chi connectivity index (χ1v) is 6.82. The van der Waals surface area contributed by atoms with Gasteiger partial charge in [-0.1, -0.05) is 11.6 Å². The molecule has 8 heteroatoms. The molecule has 0 saturated carbocycles. The number of aliphatic hydroxyl groups excluding tert-OH is 1. The van der Waals surface area contributed by atoms with Crippen molar-refractivity contribution < 1.29 is 13.9 Å². The lowest BCUT2D eigenvalue weighted by Crippen LogP contribution is -2.51. The molecule has 4 N–H and O–H groups in total. The van der Waals surface area contributed by atoms with Gasteiger partial charge in [-0.3, -0.25) is 4.90 Å². The van der Waals surface area contributed by atoms with E-state index in [-0.39, 0.29) is 23.7 Å². The number of nitrogens with one attached hydrogen (secondary N) is 1. The molecule has 0 aromatic heterocycles. The normalized spacial score (nSPS) is 18.1. The van der Waals surface area contributed by atoms with E-state index in [9.17, 15) is 8.78 Å². The molecule has 0 bridgehead atoms. The Morgan fingerprint density at radius 1 is 1.38 bits per heavy atom. The summed E-state index contributed by atoms with van der Waals surface area (Å²) in [6.45, 7) is 0.947. The molecule has 1 aromatic rings. The van der Waals surface area contributed by atoms with Crippen LogP contribution in [0.15, 0.2) is 18.2 Å². The van der Waals surface area contributed by atoms with Crippen LogP contribution >= 0.6 is 24.0 Å². The second-order valence-corrected chi connectivity index (χ2v) is 5.32. The number of piperazine rings is 1. The molecule has 2 rings (SSSR count). The molecule has 1 aromatic carbocycles. The molecule has 1 aliphatic heterocycles. The van der Waals surface area contributed by atoms with Gasteiger partial charge in [0.15, 0.2) is 0 Å². The van der Waals surface area contributed by atoms with E-state index < -0.39 is 18.6 Å². The lowest BCUT2D eigenvalue weighted by molar-refractivity contribution is -0.118. The molecule has 4 nitrogen and oxygen atoms in total. The van der Waals surface area contributed by atoms with Gasteiger partial charge in [0.25, 0.3) is 5.92 Å². The number of anilines is 1. The zero-order valence-corrected chi connectivity index (χ0v) is 12.9. The van der Waals surface area contributed by atoms with Gasteiger partial charge in [0.05, 0.1) is 0 Å². The second-order valence-electron chi connectivity index (χ2n) is 4.88. The van der Waals surface area contributed by atoms with Crippen molar-refractivity contribution in [3.63, 3.8) is 0 Å². The summed E-state index contributed by atoms with van der Waals surface area (Å²) in [5.74, 6) is -3.28. The Hall–Kier alpha value is -0.660. The van der Waals surface area contributed by atoms with Crippen LogP contribution in [0, 0.1) is 0 Å². The van der Waals surface area contributed by atoms with Gasteiger partial charge < -0.3 is 16.2 Å². The van der Waals surface area contributed by atoms with E-state index in [1.165, 1.54) is 12.1 Å². The summed E-state index contributed by atoms with van der Waals surface area (Å²) in [4.78, 5) is 1.63. The van der Waals surface area contributed by atoms with Crippen molar-refractivity contribution in [1.29, 1.82) is 0 Å². The summed E-state index contributed by atoms with van der Waals surface area (Å²) in [5, 5.41) is 12.5. The Kier molecular flexibility index (Phi) is 6.62. The molecule has 1 aliphatic rings. The highest BCUT2D eigenvalue weighted by Gasteiger charge is 2.44. The largest absolute Gasteiger partial charge is 0.398 e. The smallest absolute Gasteiger partial charge is 0.289 e. The first-order chi connectivity index (χ1) is 9.45. The minimum absolute atomic E-state index is 0. The number of nitrogens with zero attached hydrogens (tertiary/aromatic N) is 1. The summed E-state index contributed by atoms with van der Waals surface area (Å²) in [6.07, 6.45) is 0. The zero-order chi connectivity index (χ0) is 14.8. The molecule has 21 heavy (non-hydrogen) atoms. The number of rotatable bonds is 4. The van der Waals surface area contributed by atoms with E-state index in [0.717, 1.165) is 0 Å². The number of hydrogen-bond donors (Lipinski definition) is 3. The van der Waals surface area contributed by atoms with Crippen LogP contribution in [0.1, 0.15) is 11.6 Å². The Bertz CT molecular complexity index is 471. The van der Waals surface area contributed by atoms with Crippen LogP contribution in [0.25, 0.3) is 0 Å². The Balaban J connectivity index is 0.00000220. The number of nitrogen functional groups attached to an aromatic ring is 1. The van der Waals surface area contributed by atoms with Gasteiger partial charge in [-0.05, 0) is 23.8 Å².